The van der Waals surface area contributed by atoms with E-state index in [9.17, 15) is 4.79 Å². The smallest absolute Gasteiger partial charge is 0.256 e. The molecule has 5 nitrogen and oxygen atoms in total. The van der Waals surface area contributed by atoms with Crippen LogP contribution < -0.4 is 20.1 Å². The van der Waals surface area contributed by atoms with E-state index in [4.69, 9.17) is 9.47 Å². The normalized spacial score (nSPS) is 15.6. The molecule has 26 heavy (non-hydrogen) atoms. The lowest BCUT2D eigenvalue weighted by Crippen LogP contribution is -2.38. The number of ether oxygens (including phenoxy) is 2. The minimum atomic E-state index is -0.363. The second-order valence-electron chi connectivity index (χ2n) is 5.88. The predicted octanol–water partition coefficient (Wildman–Crippen LogP) is 4.29. The Balaban J connectivity index is 1.70. The van der Waals surface area contributed by atoms with Crippen molar-refractivity contribution in [3.8, 4) is 22.6 Å². The lowest BCUT2D eigenvalue weighted by molar-refractivity contribution is 0.0936. The summed E-state index contributed by atoms with van der Waals surface area (Å²) in [5.41, 5.74) is 3.50. The zero-order chi connectivity index (χ0) is 18.1. The summed E-state index contributed by atoms with van der Waals surface area (Å²) in [6.07, 6.45) is -0.363. The van der Waals surface area contributed by atoms with Crippen molar-refractivity contribution in [2.45, 2.75) is 6.17 Å². The standard InChI is InChI=1S/C20H18N2O3S/c1-24-13-8-9-14(16(10-13)25-2)18-21-19(23)17-15(11-26-20(17)22-18)12-6-4-3-5-7-12/h3-11,18,22H,1-2H3,(H,21,23). The van der Waals surface area contributed by atoms with Crippen molar-refractivity contribution >= 4 is 22.2 Å². The Morgan fingerprint density at radius 2 is 1.81 bits per heavy atom. The Morgan fingerprint density at radius 3 is 2.54 bits per heavy atom. The summed E-state index contributed by atoms with van der Waals surface area (Å²) in [6.45, 7) is 0. The van der Waals surface area contributed by atoms with E-state index in [2.05, 4.69) is 10.6 Å². The highest BCUT2D eigenvalue weighted by Gasteiger charge is 2.30. The first kappa shape index (κ1) is 16.5. The van der Waals surface area contributed by atoms with Crippen molar-refractivity contribution in [2.75, 3.05) is 19.5 Å². The SMILES string of the molecule is COc1ccc(C2NC(=O)c3c(-c4ccccc4)csc3N2)c(OC)c1. The Morgan fingerprint density at radius 1 is 1.00 bits per heavy atom. The molecule has 2 aromatic carbocycles. The fourth-order valence-electron chi connectivity index (χ4n) is 3.10. The Labute approximate surface area is 155 Å². The fourth-order valence-corrected chi connectivity index (χ4v) is 4.10. The average Bonchev–Trinajstić information content (AvgIpc) is 3.12. The summed E-state index contributed by atoms with van der Waals surface area (Å²) in [7, 11) is 3.21. The molecule has 1 aromatic heterocycles. The molecule has 3 aromatic rings. The van der Waals surface area contributed by atoms with E-state index in [0.29, 0.717) is 17.1 Å². The Bertz CT molecular complexity index is 953. The number of thiophene rings is 1. The van der Waals surface area contributed by atoms with E-state index in [1.54, 1.807) is 14.2 Å². The minimum Gasteiger partial charge on any atom is -0.497 e. The first-order valence-corrected chi connectivity index (χ1v) is 9.05. The topological polar surface area (TPSA) is 59.6 Å². The van der Waals surface area contributed by atoms with E-state index in [1.807, 2.05) is 53.9 Å². The molecule has 6 heteroatoms. The van der Waals surface area contributed by atoms with Gasteiger partial charge in [-0.25, -0.2) is 0 Å². The number of benzene rings is 2. The summed E-state index contributed by atoms with van der Waals surface area (Å²) < 4.78 is 10.7. The molecule has 2 heterocycles. The van der Waals surface area contributed by atoms with Gasteiger partial charge in [-0.15, -0.1) is 11.3 Å². The van der Waals surface area contributed by atoms with Gasteiger partial charge in [0.2, 0.25) is 0 Å². The van der Waals surface area contributed by atoms with E-state index in [-0.39, 0.29) is 12.1 Å². The van der Waals surface area contributed by atoms with Gasteiger partial charge in [-0.3, -0.25) is 4.79 Å². The molecule has 1 atom stereocenters. The molecule has 1 unspecified atom stereocenters. The van der Waals surface area contributed by atoms with Gasteiger partial charge >= 0.3 is 0 Å². The van der Waals surface area contributed by atoms with Crippen molar-refractivity contribution in [3.63, 3.8) is 0 Å². The molecule has 4 rings (SSSR count). The maximum atomic E-state index is 12.8. The molecule has 1 aliphatic rings. The van der Waals surface area contributed by atoms with Crippen LogP contribution in [0.4, 0.5) is 5.00 Å². The zero-order valence-electron chi connectivity index (χ0n) is 14.4. The number of amides is 1. The van der Waals surface area contributed by atoms with Crippen LogP contribution >= 0.6 is 11.3 Å². The summed E-state index contributed by atoms with van der Waals surface area (Å²) in [5.74, 6) is 1.27. The first-order chi connectivity index (χ1) is 12.7. The van der Waals surface area contributed by atoms with Crippen molar-refractivity contribution in [1.29, 1.82) is 0 Å². The summed E-state index contributed by atoms with van der Waals surface area (Å²) in [6, 6.07) is 15.5. The Kier molecular flexibility index (Phi) is 4.26. The number of methoxy groups -OCH3 is 2. The lowest BCUT2D eigenvalue weighted by atomic mass is 10.0. The van der Waals surface area contributed by atoms with Crippen LogP contribution in [-0.4, -0.2) is 20.1 Å². The number of rotatable bonds is 4. The van der Waals surface area contributed by atoms with Gasteiger partial charge in [0.15, 0.2) is 0 Å². The number of carbonyl (C=O) groups is 1. The van der Waals surface area contributed by atoms with Gasteiger partial charge in [0.05, 0.1) is 19.8 Å². The summed E-state index contributed by atoms with van der Waals surface area (Å²) >= 11 is 1.53. The van der Waals surface area contributed by atoms with Crippen molar-refractivity contribution in [1.82, 2.24) is 5.32 Å². The molecule has 0 saturated heterocycles. The van der Waals surface area contributed by atoms with Crippen molar-refractivity contribution in [3.05, 3.63) is 65.0 Å². The molecule has 1 amide bonds. The largest absolute Gasteiger partial charge is 0.497 e. The molecule has 0 radical (unpaired) electrons. The van der Waals surface area contributed by atoms with Gasteiger partial charge in [-0.2, -0.15) is 0 Å². The quantitative estimate of drug-likeness (QED) is 0.723. The number of fused-ring (bicyclic) bond motifs is 1. The van der Waals surface area contributed by atoms with Gasteiger partial charge < -0.3 is 20.1 Å². The molecular weight excluding hydrogens is 348 g/mol. The second-order valence-corrected chi connectivity index (χ2v) is 6.76. The van der Waals surface area contributed by atoms with Crippen LogP contribution in [0.3, 0.4) is 0 Å². The van der Waals surface area contributed by atoms with E-state index >= 15 is 0 Å². The van der Waals surface area contributed by atoms with Gasteiger partial charge in [0, 0.05) is 22.6 Å². The van der Waals surface area contributed by atoms with Crippen LogP contribution in [0, 0.1) is 0 Å². The minimum absolute atomic E-state index is 0.0956. The van der Waals surface area contributed by atoms with Crippen molar-refractivity contribution < 1.29 is 14.3 Å². The molecule has 1 aliphatic heterocycles. The van der Waals surface area contributed by atoms with Crippen LogP contribution in [0.15, 0.2) is 53.9 Å². The number of anilines is 1. The van der Waals surface area contributed by atoms with Gasteiger partial charge in [0.1, 0.15) is 22.7 Å². The van der Waals surface area contributed by atoms with Crippen LogP contribution in [0.1, 0.15) is 22.1 Å². The second kappa shape index (κ2) is 6.72. The third-order valence-electron chi connectivity index (χ3n) is 4.41. The predicted molar refractivity (Wildman–Crippen MR) is 103 cm³/mol. The van der Waals surface area contributed by atoms with Gasteiger partial charge in [-0.05, 0) is 17.7 Å². The van der Waals surface area contributed by atoms with E-state index < -0.39 is 0 Å². The molecule has 0 aliphatic carbocycles. The third-order valence-corrected chi connectivity index (χ3v) is 5.32. The van der Waals surface area contributed by atoms with E-state index in [0.717, 1.165) is 21.7 Å². The number of hydrogen-bond donors (Lipinski definition) is 2. The average molecular weight is 366 g/mol. The molecule has 2 N–H and O–H groups in total. The van der Waals surface area contributed by atoms with Gasteiger partial charge in [-0.1, -0.05) is 30.3 Å². The fraction of sp³-hybridized carbons (Fsp3) is 0.150. The van der Waals surface area contributed by atoms with Crippen LogP contribution in [0.2, 0.25) is 0 Å². The highest BCUT2D eigenvalue weighted by Crippen LogP contribution is 2.41. The summed E-state index contributed by atoms with van der Waals surface area (Å²) in [5, 5.41) is 9.32. The van der Waals surface area contributed by atoms with Crippen molar-refractivity contribution in [2.24, 2.45) is 0 Å². The monoisotopic (exact) mass is 366 g/mol. The van der Waals surface area contributed by atoms with Gasteiger partial charge in [0.25, 0.3) is 5.91 Å². The molecule has 0 bridgehead atoms. The molecular formula is C20H18N2O3S. The zero-order valence-corrected chi connectivity index (χ0v) is 15.2. The Hall–Kier alpha value is -2.99. The van der Waals surface area contributed by atoms with Crippen LogP contribution in [0.5, 0.6) is 11.5 Å². The maximum absolute atomic E-state index is 12.8. The van der Waals surface area contributed by atoms with Crippen LogP contribution in [0.25, 0.3) is 11.1 Å². The maximum Gasteiger partial charge on any atom is 0.256 e. The third kappa shape index (κ3) is 2.78. The van der Waals surface area contributed by atoms with E-state index in [1.165, 1.54) is 11.3 Å². The molecule has 0 spiro atoms. The lowest BCUT2D eigenvalue weighted by Gasteiger charge is -2.28. The number of carbonyl (C=O) groups excluding carboxylic acids is 1. The number of hydrogen-bond acceptors (Lipinski definition) is 5. The highest BCUT2D eigenvalue weighted by atomic mass is 32.1. The molecule has 0 saturated carbocycles. The molecule has 0 fully saturated rings. The molecule has 132 valence electrons. The first-order valence-electron chi connectivity index (χ1n) is 8.17. The summed E-state index contributed by atoms with van der Waals surface area (Å²) in [4.78, 5) is 12.8. The van der Waals surface area contributed by atoms with Crippen LogP contribution in [-0.2, 0) is 0 Å². The number of nitrogens with one attached hydrogen (secondary N) is 2. The highest BCUT2D eigenvalue weighted by molar-refractivity contribution is 7.15.